The zero-order chi connectivity index (χ0) is 19.3. The molecule has 0 unspecified atom stereocenters. The predicted octanol–water partition coefficient (Wildman–Crippen LogP) is 3.89. The molecule has 6 nitrogen and oxygen atoms in total. The second-order valence-corrected chi connectivity index (χ2v) is 8.14. The van der Waals surface area contributed by atoms with Crippen molar-refractivity contribution in [3.63, 3.8) is 0 Å². The number of methoxy groups -OCH3 is 1. The van der Waals surface area contributed by atoms with Gasteiger partial charge in [-0.25, -0.2) is 4.79 Å². The molecule has 1 aliphatic heterocycles. The first-order valence-corrected chi connectivity index (χ1v) is 10.0. The average Bonchev–Trinajstić information content (AvgIpc) is 2.87. The average molecular weight is 495 g/mol. The normalized spacial score (nSPS) is 15.0. The molecule has 0 radical (unpaired) electrons. The molecule has 26 heavy (non-hydrogen) atoms. The Bertz CT molecular complexity index is 669. The summed E-state index contributed by atoms with van der Waals surface area (Å²) in [6, 6.07) is 3.40. The number of rotatable bonds is 4. The third-order valence-corrected chi connectivity index (χ3v) is 5.58. The highest BCUT2D eigenvalue weighted by Crippen LogP contribution is 2.29. The van der Waals surface area contributed by atoms with Crippen molar-refractivity contribution in [1.29, 1.82) is 0 Å². The molecular formula is C18H24ClIN2O4. The molecule has 8 heteroatoms. The van der Waals surface area contributed by atoms with Gasteiger partial charge in [0.2, 0.25) is 0 Å². The molecule has 0 bridgehead atoms. The Hall–Kier alpha value is -1.22. The van der Waals surface area contributed by atoms with Crippen LogP contribution < -0.4 is 4.74 Å². The molecule has 1 aromatic carbocycles. The summed E-state index contributed by atoms with van der Waals surface area (Å²) in [5.74, 6) is 0.654. The number of ether oxygens (including phenoxy) is 2. The van der Waals surface area contributed by atoms with E-state index >= 15 is 0 Å². The molecule has 1 fully saturated rings. The van der Waals surface area contributed by atoms with Gasteiger partial charge in [0.1, 0.15) is 5.75 Å². The maximum Gasteiger partial charge on any atom is 0.409 e. The zero-order valence-electron chi connectivity index (χ0n) is 15.3. The second-order valence-electron chi connectivity index (χ2n) is 6.57. The Kier molecular flexibility index (Phi) is 7.82. The van der Waals surface area contributed by atoms with E-state index in [0.29, 0.717) is 61.5 Å². The lowest BCUT2D eigenvalue weighted by Crippen LogP contribution is -2.38. The van der Waals surface area contributed by atoms with Crippen LogP contribution in [0.2, 0.25) is 5.02 Å². The van der Waals surface area contributed by atoms with Crippen molar-refractivity contribution in [2.24, 2.45) is 5.92 Å². The first-order chi connectivity index (χ1) is 12.3. The summed E-state index contributed by atoms with van der Waals surface area (Å²) >= 11 is 8.28. The van der Waals surface area contributed by atoms with Gasteiger partial charge in [-0.05, 0) is 47.1 Å². The standard InChI is InChI=1S/C18H24ClIN2O4/c1-12(2)11-26-18(24)22-6-4-5-21(7-8-22)17(23)13-9-14(19)15(20)10-16(13)25-3/h9-10,12H,4-8,11H2,1-3H3. The number of nitrogens with zero attached hydrogens (tertiary/aromatic N) is 2. The van der Waals surface area contributed by atoms with Gasteiger partial charge in [-0.15, -0.1) is 0 Å². The van der Waals surface area contributed by atoms with Crippen LogP contribution in [-0.4, -0.2) is 61.7 Å². The fourth-order valence-corrected chi connectivity index (χ4v) is 3.27. The molecule has 1 heterocycles. The molecule has 0 atom stereocenters. The van der Waals surface area contributed by atoms with Gasteiger partial charge < -0.3 is 19.3 Å². The monoisotopic (exact) mass is 494 g/mol. The Morgan fingerprint density at radius 1 is 1.19 bits per heavy atom. The van der Waals surface area contributed by atoms with E-state index < -0.39 is 0 Å². The molecule has 2 amide bonds. The van der Waals surface area contributed by atoms with Crippen LogP contribution in [0.1, 0.15) is 30.6 Å². The van der Waals surface area contributed by atoms with Gasteiger partial charge in [-0.1, -0.05) is 25.4 Å². The molecular weight excluding hydrogens is 471 g/mol. The fraction of sp³-hybridized carbons (Fsp3) is 0.556. The van der Waals surface area contributed by atoms with E-state index in [0.717, 1.165) is 3.57 Å². The smallest absolute Gasteiger partial charge is 0.409 e. The number of hydrogen-bond acceptors (Lipinski definition) is 4. The van der Waals surface area contributed by atoms with Crippen molar-refractivity contribution in [2.75, 3.05) is 39.9 Å². The minimum atomic E-state index is -0.317. The van der Waals surface area contributed by atoms with Crippen LogP contribution >= 0.6 is 34.2 Å². The summed E-state index contributed by atoms with van der Waals surface area (Å²) in [5.41, 5.74) is 0.439. The van der Waals surface area contributed by atoms with Gasteiger partial charge in [0.05, 0.1) is 24.3 Å². The summed E-state index contributed by atoms with van der Waals surface area (Å²) in [5, 5.41) is 0.517. The minimum Gasteiger partial charge on any atom is -0.496 e. The van der Waals surface area contributed by atoms with Gasteiger partial charge in [0, 0.05) is 29.7 Å². The minimum absolute atomic E-state index is 0.141. The lowest BCUT2D eigenvalue weighted by atomic mass is 10.1. The first kappa shape index (κ1) is 21.1. The van der Waals surface area contributed by atoms with E-state index in [2.05, 4.69) is 22.6 Å². The Labute approximate surface area is 172 Å². The molecule has 0 spiro atoms. The van der Waals surface area contributed by atoms with Gasteiger partial charge in [0.25, 0.3) is 5.91 Å². The molecule has 1 aliphatic rings. The zero-order valence-corrected chi connectivity index (χ0v) is 18.2. The summed E-state index contributed by atoms with van der Waals surface area (Å²) in [4.78, 5) is 28.5. The van der Waals surface area contributed by atoms with Crippen LogP contribution in [0.4, 0.5) is 4.79 Å². The lowest BCUT2D eigenvalue weighted by Gasteiger charge is -2.23. The van der Waals surface area contributed by atoms with Gasteiger partial charge in [0.15, 0.2) is 0 Å². The van der Waals surface area contributed by atoms with E-state index in [1.807, 2.05) is 13.8 Å². The number of amides is 2. The highest BCUT2D eigenvalue weighted by Gasteiger charge is 2.26. The number of hydrogen-bond donors (Lipinski definition) is 0. The van der Waals surface area contributed by atoms with Crippen LogP contribution in [0.5, 0.6) is 5.75 Å². The quantitative estimate of drug-likeness (QED) is 0.596. The Morgan fingerprint density at radius 3 is 2.50 bits per heavy atom. The largest absolute Gasteiger partial charge is 0.496 e. The molecule has 1 aromatic rings. The van der Waals surface area contributed by atoms with Crippen molar-refractivity contribution >= 4 is 46.2 Å². The van der Waals surface area contributed by atoms with Crippen LogP contribution in [0, 0.1) is 9.49 Å². The van der Waals surface area contributed by atoms with Crippen molar-refractivity contribution in [1.82, 2.24) is 9.80 Å². The Morgan fingerprint density at radius 2 is 1.85 bits per heavy atom. The number of carbonyl (C=O) groups is 2. The first-order valence-electron chi connectivity index (χ1n) is 8.57. The van der Waals surface area contributed by atoms with E-state index in [4.69, 9.17) is 21.1 Å². The topological polar surface area (TPSA) is 59.1 Å². The van der Waals surface area contributed by atoms with Gasteiger partial charge in [-0.2, -0.15) is 0 Å². The number of halogens is 2. The predicted molar refractivity (Wildman–Crippen MR) is 109 cm³/mol. The summed E-state index contributed by atoms with van der Waals surface area (Å²) < 4.78 is 11.5. The van der Waals surface area contributed by atoms with Crippen molar-refractivity contribution in [2.45, 2.75) is 20.3 Å². The maximum absolute atomic E-state index is 12.9. The van der Waals surface area contributed by atoms with E-state index in [1.165, 1.54) is 7.11 Å². The van der Waals surface area contributed by atoms with Crippen LogP contribution in [0.15, 0.2) is 12.1 Å². The molecule has 0 aromatic heterocycles. The summed E-state index contributed by atoms with van der Waals surface area (Å²) in [6.07, 6.45) is 0.381. The van der Waals surface area contributed by atoms with Crippen molar-refractivity contribution in [3.8, 4) is 5.75 Å². The van der Waals surface area contributed by atoms with E-state index in [-0.39, 0.29) is 12.0 Å². The number of carbonyl (C=O) groups excluding carboxylic acids is 2. The highest BCUT2D eigenvalue weighted by molar-refractivity contribution is 14.1. The van der Waals surface area contributed by atoms with Crippen LogP contribution in [0.25, 0.3) is 0 Å². The molecule has 144 valence electrons. The number of benzene rings is 1. The van der Waals surface area contributed by atoms with Crippen molar-refractivity contribution < 1.29 is 19.1 Å². The third kappa shape index (κ3) is 5.39. The summed E-state index contributed by atoms with van der Waals surface area (Å²) in [7, 11) is 1.53. The molecule has 0 N–H and O–H groups in total. The maximum atomic E-state index is 12.9. The van der Waals surface area contributed by atoms with E-state index in [1.54, 1.807) is 21.9 Å². The molecule has 0 saturated carbocycles. The second kappa shape index (κ2) is 9.64. The van der Waals surface area contributed by atoms with Gasteiger partial charge >= 0.3 is 6.09 Å². The van der Waals surface area contributed by atoms with Gasteiger partial charge in [-0.3, -0.25) is 4.79 Å². The van der Waals surface area contributed by atoms with Crippen molar-refractivity contribution in [3.05, 3.63) is 26.3 Å². The molecule has 0 aliphatic carbocycles. The molecule has 1 saturated heterocycles. The van der Waals surface area contributed by atoms with Crippen LogP contribution in [0.3, 0.4) is 0 Å². The Balaban J connectivity index is 2.06. The lowest BCUT2D eigenvalue weighted by molar-refractivity contribution is 0.0743. The SMILES string of the molecule is COc1cc(I)c(Cl)cc1C(=O)N1CCCN(C(=O)OCC(C)C)CC1. The van der Waals surface area contributed by atoms with Crippen LogP contribution in [-0.2, 0) is 4.74 Å². The summed E-state index contributed by atoms with van der Waals surface area (Å²) in [6.45, 7) is 6.43. The van der Waals surface area contributed by atoms with E-state index in [9.17, 15) is 9.59 Å². The molecule has 2 rings (SSSR count). The fourth-order valence-electron chi connectivity index (χ4n) is 2.67. The third-order valence-electron chi connectivity index (χ3n) is 4.05. The highest BCUT2D eigenvalue weighted by atomic mass is 127.